The van der Waals surface area contributed by atoms with Crippen molar-refractivity contribution in [1.29, 1.82) is 0 Å². The van der Waals surface area contributed by atoms with E-state index in [9.17, 15) is 22.8 Å². The number of fused-ring (bicyclic) bond motifs is 1. The monoisotopic (exact) mass is 435 g/mol. The number of hydrogen-bond donors (Lipinski definition) is 2. The first kappa shape index (κ1) is 24.8. The van der Waals surface area contributed by atoms with Crippen LogP contribution in [0.1, 0.15) is 12.5 Å². The summed E-state index contributed by atoms with van der Waals surface area (Å²) in [6, 6.07) is 3.69. The smallest absolute Gasteiger partial charge is 0.490 e. The number of esters is 1. The minimum Gasteiger partial charge on any atom is -0.493 e. The van der Waals surface area contributed by atoms with E-state index in [0.29, 0.717) is 28.0 Å². The highest BCUT2D eigenvalue weighted by molar-refractivity contribution is 5.85. The third-order valence-corrected chi connectivity index (χ3v) is 3.61. The molecule has 0 aliphatic carbocycles. The van der Waals surface area contributed by atoms with E-state index in [2.05, 4.69) is 0 Å². The molecule has 0 bridgehead atoms. The molecule has 1 aromatic carbocycles. The number of ether oxygens (including phenoxy) is 3. The Hall–Kier alpha value is -3.28. The third-order valence-electron chi connectivity index (χ3n) is 3.61. The zero-order valence-electron chi connectivity index (χ0n) is 16.2. The lowest BCUT2D eigenvalue weighted by Crippen LogP contribution is -2.34. The molecule has 0 spiro atoms. The molecule has 2 rings (SSSR count). The van der Waals surface area contributed by atoms with Crippen molar-refractivity contribution in [3.63, 3.8) is 0 Å². The molecule has 2 aromatic rings. The van der Waals surface area contributed by atoms with Gasteiger partial charge in [-0.15, -0.1) is 0 Å². The first-order valence-corrected chi connectivity index (χ1v) is 8.35. The molecular weight excluding hydrogens is 415 g/mol. The number of hydrogen-bond acceptors (Lipinski definition) is 8. The highest BCUT2D eigenvalue weighted by Gasteiger charge is 2.38. The number of benzene rings is 1. The minimum atomic E-state index is -5.08. The van der Waals surface area contributed by atoms with Gasteiger partial charge in [0.2, 0.25) is 0 Å². The zero-order valence-corrected chi connectivity index (χ0v) is 16.2. The number of nitrogens with two attached hydrogens (primary N) is 1. The van der Waals surface area contributed by atoms with Crippen LogP contribution in [0.5, 0.6) is 11.5 Å². The summed E-state index contributed by atoms with van der Waals surface area (Å²) >= 11 is 0. The van der Waals surface area contributed by atoms with Crippen LogP contribution in [0.3, 0.4) is 0 Å². The van der Waals surface area contributed by atoms with Gasteiger partial charge in [0.1, 0.15) is 11.6 Å². The quantitative estimate of drug-likeness (QED) is 0.514. The molecule has 0 amide bonds. The summed E-state index contributed by atoms with van der Waals surface area (Å²) < 4.78 is 52.3. The van der Waals surface area contributed by atoms with Crippen LogP contribution in [0, 0.1) is 0 Å². The molecule has 1 unspecified atom stereocenters. The molecule has 0 saturated carbocycles. The first-order chi connectivity index (χ1) is 13.9. The van der Waals surface area contributed by atoms with Crippen LogP contribution in [0.15, 0.2) is 27.4 Å². The van der Waals surface area contributed by atoms with Crippen molar-refractivity contribution in [2.75, 3.05) is 20.8 Å². The predicted octanol–water partition coefficient (Wildman–Crippen LogP) is 1.88. The van der Waals surface area contributed by atoms with Crippen LogP contribution in [0.4, 0.5) is 13.2 Å². The second kappa shape index (κ2) is 10.5. The maximum atomic E-state index is 11.7. The summed E-state index contributed by atoms with van der Waals surface area (Å²) in [7, 11) is 3.00. The van der Waals surface area contributed by atoms with E-state index in [-0.39, 0.29) is 13.0 Å². The second-order valence-electron chi connectivity index (χ2n) is 5.66. The molecule has 0 aliphatic heterocycles. The Labute approximate surface area is 168 Å². The van der Waals surface area contributed by atoms with Gasteiger partial charge < -0.3 is 29.5 Å². The average molecular weight is 435 g/mol. The number of alkyl halides is 3. The lowest BCUT2D eigenvalue weighted by molar-refractivity contribution is -0.192. The van der Waals surface area contributed by atoms with Crippen molar-refractivity contribution in [2.24, 2.45) is 5.73 Å². The zero-order chi connectivity index (χ0) is 23.1. The highest BCUT2D eigenvalue weighted by Crippen LogP contribution is 2.33. The van der Waals surface area contributed by atoms with E-state index in [1.54, 1.807) is 19.1 Å². The van der Waals surface area contributed by atoms with Gasteiger partial charge in [-0.25, -0.2) is 9.59 Å². The molecule has 12 heteroatoms. The Balaban J connectivity index is 0.000000553. The van der Waals surface area contributed by atoms with Gasteiger partial charge >= 0.3 is 23.7 Å². The van der Waals surface area contributed by atoms with Gasteiger partial charge in [0.15, 0.2) is 11.5 Å². The SMILES string of the molecule is CCOC(=O)C(N)Cc1cc(=O)oc2cc(OC)c(OC)cc12.O=C(O)C(F)(F)F. The second-order valence-corrected chi connectivity index (χ2v) is 5.66. The van der Waals surface area contributed by atoms with E-state index in [4.69, 9.17) is 34.3 Å². The number of halogens is 3. The van der Waals surface area contributed by atoms with Crippen molar-refractivity contribution in [2.45, 2.75) is 25.6 Å². The van der Waals surface area contributed by atoms with Crippen LogP contribution < -0.4 is 20.8 Å². The fourth-order valence-electron chi connectivity index (χ4n) is 2.29. The summed E-state index contributed by atoms with van der Waals surface area (Å²) in [4.78, 5) is 32.3. The van der Waals surface area contributed by atoms with Gasteiger partial charge in [-0.05, 0) is 25.0 Å². The Morgan fingerprint density at radius 1 is 1.17 bits per heavy atom. The van der Waals surface area contributed by atoms with Gasteiger partial charge in [0.05, 0.1) is 20.8 Å². The number of carboxylic acids is 1. The fraction of sp³-hybridized carbons (Fsp3) is 0.389. The Bertz CT molecular complexity index is 955. The van der Waals surface area contributed by atoms with Crippen LogP contribution in [-0.4, -0.2) is 50.1 Å². The number of carboxylic acid groups (broad SMARTS) is 1. The molecule has 3 N–H and O–H groups in total. The lowest BCUT2D eigenvalue weighted by Gasteiger charge is -2.13. The maximum absolute atomic E-state index is 11.7. The topological polar surface area (TPSA) is 138 Å². The molecule has 30 heavy (non-hydrogen) atoms. The average Bonchev–Trinajstić information content (AvgIpc) is 2.66. The summed E-state index contributed by atoms with van der Waals surface area (Å²) in [5.74, 6) is -2.35. The maximum Gasteiger partial charge on any atom is 0.490 e. The molecule has 9 nitrogen and oxygen atoms in total. The normalized spacial score (nSPS) is 11.8. The first-order valence-electron chi connectivity index (χ1n) is 8.35. The molecule has 0 saturated heterocycles. The van der Waals surface area contributed by atoms with Crippen LogP contribution in [0.25, 0.3) is 11.0 Å². The van der Waals surface area contributed by atoms with Gasteiger partial charge in [0.25, 0.3) is 0 Å². The molecule has 1 heterocycles. The Kier molecular flexibility index (Phi) is 8.65. The van der Waals surface area contributed by atoms with E-state index in [1.165, 1.54) is 20.3 Å². The number of rotatable bonds is 6. The number of methoxy groups -OCH3 is 2. The summed E-state index contributed by atoms with van der Waals surface area (Å²) in [6.45, 7) is 1.95. The molecule has 1 atom stereocenters. The molecule has 1 aromatic heterocycles. The van der Waals surface area contributed by atoms with Crippen LogP contribution >= 0.6 is 0 Å². The van der Waals surface area contributed by atoms with E-state index >= 15 is 0 Å². The van der Waals surface area contributed by atoms with Crippen molar-refractivity contribution >= 4 is 22.9 Å². The summed E-state index contributed by atoms with van der Waals surface area (Å²) in [5, 5.41) is 7.75. The summed E-state index contributed by atoms with van der Waals surface area (Å²) in [6.07, 6.45) is -4.93. The third kappa shape index (κ3) is 6.65. The predicted molar refractivity (Wildman–Crippen MR) is 97.6 cm³/mol. The highest BCUT2D eigenvalue weighted by atomic mass is 19.4. The summed E-state index contributed by atoms with van der Waals surface area (Å²) in [5.41, 5.74) is 6.22. The standard InChI is InChI=1S/C16H19NO6.C2HF3O2/c1-4-22-16(19)11(17)5-9-6-15(18)23-12-8-14(21-3)13(20-2)7-10(9)12;3-2(4,5)1(6)7/h6-8,11H,4-5,17H2,1-3H3;(H,6,7). The van der Waals surface area contributed by atoms with Gasteiger partial charge in [-0.2, -0.15) is 13.2 Å². The van der Waals surface area contributed by atoms with E-state index < -0.39 is 29.8 Å². The van der Waals surface area contributed by atoms with Gasteiger partial charge in [0, 0.05) is 17.5 Å². The van der Waals surface area contributed by atoms with E-state index in [0.717, 1.165) is 0 Å². The largest absolute Gasteiger partial charge is 0.493 e. The van der Waals surface area contributed by atoms with Crippen LogP contribution in [0.2, 0.25) is 0 Å². The molecule has 0 radical (unpaired) electrons. The minimum absolute atomic E-state index is 0.149. The van der Waals surface area contributed by atoms with Crippen molar-refractivity contribution in [3.8, 4) is 11.5 Å². The van der Waals surface area contributed by atoms with Gasteiger partial charge in [-0.3, -0.25) is 4.79 Å². The molecular formula is C18H20F3NO8. The molecule has 0 fully saturated rings. The number of carbonyl (C=O) groups excluding carboxylic acids is 1. The Morgan fingerprint density at radius 3 is 2.17 bits per heavy atom. The Morgan fingerprint density at radius 2 is 1.70 bits per heavy atom. The van der Waals surface area contributed by atoms with Crippen molar-refractivity contribution in [3.05, 3.63) is 34.2 Å². The van der Waals surface area contributed by atoms with Gasteiger partial charge in [-0.1, -0.05) is 0 Å². The number of aliphatic carboxylic acids is 1. The fourth-order valence-corrected chi connectivity index (χ4v) is 2.29. The molecule has 0 aliphatic rings. The number of carbonyl (C=O) groups is 2. The van der Waals surface area contributed by atoms with Crippen molar-refractivity contribution in [1.82, 2.24) is 0 Å². The lowest BCUT2D eigenvalue weighted by atomic mass is 10.0. The van der Waals surface area contributed by atoms with Crippen molar-refractivity contribution < 1.29 is 46.5 Å². The molecule has 166 valence electrons. The van der Waals surface area contributed by atoms with Crippen LogP contribution in [-0.2, 0) is 20.7 Å². The van der Waals surface area contributed by atoms with E-state index in [1.807, 2.05) is 0 Å².